The highest BCUT2D eigenvalue weighted by atomic mass is 16.7. The minimum atomic E-state index is 0.0683. The standard InChI is InChI=1S/C22H39NO2/c1-3-5-6-7-8-9-10-11-12-16-19-23(21(4-2)20-24)25-22-17-14-13-15-18-22/h13-15,17-18,21,24H,3-12,16,19-20H2,1-2H3. The smallest absolute Gasteiger partial charge is 0.147 e. The molecule has 1 unspecified atom stereocenters. The van der Waals surface area contributed by atoms with Crippen molar-refractivity contribution in [2.24, 2.45) is 0 Å². The molecule has 0 saturated carbocycles. The van der Waals surface area contributed by atoms with E-state index >= 15 is 0 Å². The molecule has 0 fully saturated rings. The Labute approximate surface area is 155 Å². The van der Waals surface area contributed by atoms with Gasteiger partial charge in [-0.3, -0.25) is 0 Å². The molecular formula is C22H39NO2. The van der Waals surface area contributed by atoms with Crippen LogP contribution in [0.25, 0.3) is 0 Å². The molecule has 3 nitrogen and oxygen atoms in total. The van der Waals surface area contributed by atoms with Gasteiger partial charge in [0.15, 0.2) is 0 Å². The highest BCUT2D eigenvalue weighted by Crippen LogP contribution is 2.16. The number of nitrogens with zero attached hydrogens (tertiary/aromatic N) is 1. The Balaban J connectivity index is 2.20. The van der Waals surface area contributed by atoms with Crippen LogP contribution >= 0.6 is 0 Å². The topological polar surface area (TPSA) is 32.7 Å². The lowest BCUT2D eigenvalue weighted by atomic mass is 10.1. The third kappa shape index (κ3) is 10.5. The Morgan fingerprint density at radius 3 is 1.92 bits per heavy atom. The molecule has 0 amide bonds. The molecule has 1 N–H and O–H groups in total. The van der Waals surface area contributed by atoms with Gasteiger partial charge in [-0.2, -0.15) is 0 Å². The summed E-state index contributed by atoms with van der Waals surface area (Å²) in [5.74, 6) is 0.849. The van der Waals surface area contributed by atoms with Crippen LogP contribution in [-0.4, -0.2) is 29.4 Å². The summed E-state index contributed by atoms with van der Waals surface area (Å²) in [6.45, 7) is 5.39. The van der Waals surface area contributed by atoms with Gasteiger partial charge in [-0.25, -0.2) is 0 Å². The Morgan fingerprint density at radius 1 is 0.840 bits per heavy atom. The van der Waals surface area contributed by atoms with Crippen LogP contribution in [0.4, 0.5) is 0 Å². The van der Waals surface area contributed by atoms with E-state index in [1.807, 2.05) is 35.4 Å². The van der Waals surface area contributed by atoms with E-state index in [9.17, 15) is 5.11 Å². The number of benzene rings is 1. The molecule has 0 bridgehead atoms. The van der Waals surface area contributed by atoms with Gasteiger partial charge in [-0.05, 0) is 25.0 Å². The van der Waals surface area contributed by atoms with Gasteiger partial charge in [-0.15, -0.1) is 5.06 Å². The lowest BCUT2D eigenvalue weighted by Crippen LogP contribution is -2.40. The van der Waals surface area contributed by atoms with Crippen molar-refractivity contribution in [1.82, 2.24) is 5.06 Å². The summed E-state index contributed by atoms with van der Waals surface area (Å²) in [4.78, 5) is 6.01. The van der Waals surface area contributed by atoms with E-state index in [0.29, 0.717) is 0 Å². The molecule has 1 aromatic carbocycles. The zero-order valence-corrected chi connectivity index (χ0v) is 16.5. The zero-order chi connectivity index (χ0) is 18.2. The predicted octanol–water partition coefficient (Wildman–Crippen LogP) is 5.97. The van der Waals surface area contributed by atoms with Crippen LogP contribution in [0.3, 0.4) is 0 Å². The summed E-state index contributed by atoms with van der Waals surface area (Å²) in [7, 11) is 0. The van der Waals surface area contributed by atoms with Gasteiger partial charge in [0.1, 0.15) is 5.75 Å². The number of unbranched alkanes of at least 4 members (excludes halogenated alkanes) is 9. The second-order valence-electron chi connectivity index (χ2n) is 6.97. The van der Waals surface area contributed by atoms with Crippen LogP contribution < -0.4 is 4.84 Å². The molecule has 1 rings (SSSR count). The molecule has 0 spiro atoms. The molecule has 0 saturated heterocycles. The van der Waals surface area contributed by atoms with Gasteiger partial charge in [0, 0.05) is 6.54 Å². The number of hydrogen-bond acceptors (Lipinski definition) is 3. The molecular weight excluding hydrogens is 310 g/mol. The van der Waals surface area contributed by atoms with Crippen molar-refractivity contribution in [3.05, 3.63) is 30.3 Å². The Kier molecular flexibility index (Phi) is 13.4. The fraction of sp³-hybridized carbons (Fsp3) is 0.727. The summed E-state index contributed by atoms with van der Waals surface area (Å²) >= 11 is 0. The van der Waals surface area contributed by atoms with E-state index in [-0.39, 0.29) is 12.6 Å². The van der Waals surface area contributed by atoms with Gasteiger partial charge in [0.2, 0.25) is 0 Å². The van der Waals surface area contributed by atoms with E-state index in [1.54, 1.807) is 0 Å². The average Bonchev–Trinajstić information content (AvgIpc) is 2.65. The molecule has 3 heteroatoms. The second-order valence-corrected chi connectivity index (χ2v) is 6.97. The number of para-hydroxylation sites is 1. The normalized spacial score (nSPS) is 12.5. The molecule has 144 valence electrons. The minimum absolute atomic E-state index is 0.0683. The van der Waals surface area contributed by atoms with Crippen molar-refractivity contribution in [3.8, 4) is 5.75 Å². The quantitative estimate of drug-likeness (QED) is 0.294. The number of rotatable bonds is 16. The lowest BCUT2D eigenvalue weighted by molar-refractivity contribution is -0.110. The highest BCUT2D eigenvalue weighted by Gasteiger charge is 2.17. The van der Waals surface area contributed by atoms with E-state index in [1.165, 1.54) is 57.8 Å². The SMILES string of the molecule is CCCCCCCCCCCCN(Oc1ccccc1)C(CC)CO. The van der Waals surface area contributed by atoms with Crippen LogP contribution in [0.5, 0.6) is 5.75 Å². The van der Waals surface area contributed by atoms with Crippen molar-refractivity contribution < 1.29 is 9.94 Å². The number of hydroxylamine groups is 2. The molecule has 1 aromatic rings. The minimum Gasteiger partial charge on any atom is -0.406 e. The van der Waals surface area contributed by atoms with Crippen molar-refractivity contribution in [2.45, 2.75) is 90.5 Å². The van der Waals surface area contributed by atoms with E-state index in [2.05, 4.69) is 13.8 Å². The van der Waals surface area contributed by atoms with Crippen molar-refractivity contribution in [1.29, 1.82) is 0 Å². The van der Waals surface area contributed by atoms with E-state index in [4.69, 9.17) is 4.84 Å². The lowest BCUT2D eigenvalue weighted by Gasteiger charge is -2.29. The number of aliphatic hydroxyl groups is 1. The predicted molar refractivity (Wildman–Crippen MR) is 107 cm³/mol. The van der Waals surface area contributed by atoms with Crippen LogP contribution in [0.1, 0.15) is 84.5 Å². The van der Waals surface area contributed by atoms with Crippen molar-refractivity contribution in [3.63, 3.8) is 0 Å². The molecule has 0 aliphatic rings. The second kappa shape index (κ2) is 15.2. The first-order chi connectivity index (χ1) is 12.3. The molecule has 0 aromatic heterocycles. The van der Waals surface area contributed by atoms with Gasteiger partial charge in [0.25, 0.3) is 0 Å². The summed E-state index contributed by atoms with van der Waals surface area (Å²) in [6, 6.07) is 9.95. The molecule has 0 heterocycles. The summed E-state index contributed by atoms with van der Waals surface area (Å²) in [6.07, 6.45) is 14.2. The highest BCUT2D eigenvalue weighted by molar-refractivity contribution is 5.20. The van der Waals surface area contributed by atoms with Crippen LogP contribution in [0.15, 0.2) is 30.3 Å². The number of aliphatic hydroxyl groups excluding tert-OH is 1. The fourth-order valence-electron chi connectivity index (χ4n) is 3.10. The first-order valence-corrected chi connectivity index (χ1v) is 10.4. The Hall–Kier alpha value is -1.06. The third-order valence-corrected chi connectivity index (χ3v) is 4.79. The monoisotopic (exact) mass is 349 g/mol. The first kappa shape index (κ1) is 22.0. The summed E-state index contributed by atoms with van der Waals surface area (Å²) in [5.41, 5.74) is 0. The Morgan fingerprint density at radius 2 is 1.40 bits per heavy atom. The average molecular weight is 350 g/mol. The number of hydrogen-bond donors (Lipinski definition) is 1. The van der Waals surface area contributed by atoms with Gasteiger partial charge >= 0.3 is 0 Å². The fourth-order valence-corrected chi connectivity index (χ4v) is 3.10. The van der Waals surface area contributed by atoms with Gasteiger partial charge < -0.3 is 9.94 Å². The van der Waals surface area contributed by atoms with Gasteiger partial charge in [0.05, 0.1) is 12.6 Å². The summed E-state index contributed by atoms with van der Waals surface area (Å²) < 4.78 is 0. The maximum Gasteiger partial charge on any atom is 0.147 e. The Bertz CT molecular complexity index is 392. The molecule has 0 radical (unpaired) electrons. The van der Waals surface area contributed by atoms with Crippen LogP contribution in [0.2, 0.25) is 0 Å². The van der Waals surface area contributed by atoms with Gasteiger partial charge in [-0.1, -0.05) is 89.8 Å². The molecule has 0 aliphatic heterocycles. The first-order valence-electron chi connectivity index (χ1n) is 10.4. The van der Waals surface area contributed by atoms with E-state index < -0.39 is 0 Å². The third-order valence-electron chi connectivity index (χ3n) is 4.79. The maximum atomic E-state index is 9.61. The van der Waals surface area contributed by atoms with Crippen LogP contribution in [0, 0.1) is 0 Å². The van der Waals surface area contributed by atoms with Crippen LogP contribution in [-0.2, 0) is 0 Å². The molecule has 25 heavy (non-hydrogen) atoms. The maximum absolute atomic E-state index is 9.61. The largest absolute Gasteiger partial charge is 0.406 e. The van der Waals surface area contributed by atoms with Crippen molar-refractivity contribution >= 4 is 0 Å². The molecule has 1 atom stereocenters. The summed E-state index contributed by atoms with van der Waals surface area (Å²) in [5, 5.41) is 11.6. The van der Waals surface area contributed by atoms with Crippen molar-refractivity contribution in [2.75, 3.05) is 13.2 Å². The molecule has 0 aliphatic carbocycles. The zero-order valence-electron chi connectivity index (χ0n) is 16.5. The van der Waals surface area contributed by atoms with E-state index in [0.717, 1.165) is 25.1 Å².